The molecule has 18 heavy (non-hydrogen) atoms. The van der Waals surface area contributed by atoms with Crippen LogP contribution in [0.4, 0.5) is 0 Å². The summed E-state index contributed by atoms with van der Waals surface area (Å²) in [4.78, 5) is 0. The maximum atomic E-state index is 6.16. The van der Waals surface area contributed by atoms with Gasteiger partial charge in [-0.1, -0.05) is 23.2 Å². The van der Waals surface area contributed by atoms with Crippen LogP contribution in [0.25, 0.3) is 11.3 Å². The summed E-state index contributed by atoms with van der Waals surface area (Å²) in [6.45, 7) is 0.822. The highest BCUT2D eigenvalue weighted by molar-refractivity contribution is 6.36. The monoisotopic (exact) mass is 281 g/mol. The fraction of sp³-hybridized carbons (Fsp3) is 0.308. The molecule has 1 aromatic carbocycles. The number of hydrogen-bond acceptors (Lipinski definition) is 2. The Labute approximate surface area is 115 Å². The van der Waals surface area contributed by atoms with Gasteiger partial charge in [-0.05, 0) is 37.1 Å². The van der Waals surface area contributed by atoms with Gasteiger partial charge in [-0.3, -0.25) is 5.10 Å². The van der Waals surface area contributed by atoms with E-state index in [1.807, 2.05) is 18.2 Å². The number of halogens is 2. The lowest BCUT2D eigenvalue weighted by Crippen LogP contribution is -2.15. The highest BCUT2D eigenvalue weighted by Crippen LogP contribution is 2.29. The minimum atomic E-state index is 0.621. The number of H-pyrrole nitrogens is 1. The Morgan fingerprint density at radius 3 is 2.83 bits per heavy atom. The molecule has 1 aliphatic carbocycles. The highest BCUT2D eigenvalue weighted by atomic mass is 35.5. The molecule has 3 nitrogen and oxygen atoms in total. The van der Waals surface area contributed by atoms with E-state index in [1.165, 1.54) is 12.8 Å². The average molecular weight is 282 g/mol. The molecule has 1 saturated carbocycles. The van der Waals surface area contributed by atoms with Gasteiger partial charge in [-0.25, -0.2) is 0 Å². The Morgan fingerprint density at radius 1 is 1.28 bits per heavy atom. The van der Waals surface area contributed by atoms with Crippen LogP contribution in [0.3, 0.4) is 0 Å². The fourth-order valence-corrected chi connectivity index (χ4v) is 2.33. The summed E-state index contributed by atoms with van der Waals surface area (Å²) in [6, 6.07) is 8.15. The summed E-state index contributed by atoms with van der Waals surface area (Å²) in [5.74, 6) is 0. The Bertz CT molecular complexity index is 561. The lowest BCUT2D eigenvalue weighted by Gasteiger charge is -2.00. The van der Waals surface area contributed by atoms with Crippen molar-refractivity contribution in [1.82, 2.24) is 15.5 Å². The molecule has 0 bridgehead atoms. The first-order valence-electron chi connectivity index (χ1n) is 5.95. The van der Waals surface area contributed by atoms with Gasteiger partial charge in [-0.2, -0.15) is 5.10 Å². The van der Waals surface area contributed by atoms with Crippen molar-refractivity contribution in [1.29, 1.82) is 0 Å². The number of rotatable bonds is 4. The van der Waals surface area contributed by atoms with Crippen molar-refractivity contribution in [3.63, 3.8) is 0 Å². The summed E-state index contributed by atoms with van der Waals surface area (Å²) in [7, 11) is 0. The predicted molar refractivity (Wildman–Crippen MR) is 73.9 cm³/mol. The van der Waals surface area contributed by atoms with Gasteiger partial charge in [0.1, 0.15) is 0 Å². The third-order valence-corrected chi connectivity index (χ3v) is 3.54. The molecule has 0 saturated heterocycles. The zero-order valence-corrected chi connectivity index (χ0v) is 11.2. The standard InChI is InChI=1S/C13H13Cl2N3/c14-8-1-4-11(12(15)5-8)13-6-10(17-18-13)7-16-9-2-3-9/h1,4-6,9,16H,2-3,7H2,(H,17,18). The normalized spacial score (nSPS) is 15.0. The molecule has 0 spiro atoms. The van der Waals surface area contributed by atoms with Crippen molar-refractivity contribution in [2.75, 3.05) is 0 Å². The quantitative estimate of drug-likeness (QED) is 0.899. The first-order valence-corrected chi connectivity index (χ1v) is 6.71. The lowest BCUT2D eigenvalue weighted by atomic mass is 10.1. The summed E-state index contributed by atoms with van der Waals surface area (Å²) in [5, 5.41) is 12.0. The summed E-state index contributed by atoms with van der Waals surface area (Å²) in [6.07, 6.45) is 2.56. The van der Waals surface area contributed by atoms with Gasteiger partial charge in [0.25, 0.3) is 0 Å². The van der Waals surface area contributed by atoms with Crippen molar-refractivity contribution in [2.45, 2.75) is 25.4 Å². The van der Waals surface area contributed by atoms with Crippen LogP contribution in [-0.4, -0.2) is 16.2 Å². The summed E-state index contributed by atoms with van der Waals surface area (Å²) < 4.78 is 0. The van der Waals surface area contributed by atoms with E-state index in [0.717, 1.165) is 23.5 Å². The van der Waals surface area contributed by atoms with Crippen LogP contribution in [0.15, 0.2) is 24.3 Å². The largest absolute Gasteiger partial charge is 0.308 e. The maximum absolute atomic E-state index is 6.16. The molecule has 94 valence electrons. The highest BCUT2D eigenvalue weighted by Gasteiger charge is 2.20. The van der Waals surface area contributed by atoms with Gasteiger partial charge in [-0.15, -0.1) is 0 Å². The molecule has 1 aromatic heterocycles. The average Bonchev–Trinajstić information content (AvgIpc) is 3.05. The van der Waals surface area contributed by atoms with Gasteiger partial charge < -0.3 is 5.32 Å². The summed E-state index contributed by atoms with van der Waals surface area (Å²) in [5.41, 5.74) is 2.82. The van der Waals surface area contributed by atoms with Crippen LogP contribution in [0.1, 0.15) is 18.5 Å². The summed E-state index contributed by atoms with van der Waals surface area (Å²) >= 11 is 12.0. The molecule has 3 rings (SSSR count). The fourth-order valence-electron chi connectivity index (χ4n) is 1.83. The Balaban J connectivity index is 1.78. The second-order valence-electron chi connectivity index (χ2n) is 4.56. The van der Waals surface area contributed by atoms with E-state index in [2.05, 4.69) is 15.5 Å². The molecule has 0 unspecified atom stereocenters. The first kappa shape index (κ1) is 12.0. The minimum Gasteiger partial charge on any atom is -0.308 e. The van der Waals surface area contributed by atoms with E-state index in [0.29, 0.717) is 16.1 Å². The third-order valence-electron chi connectivity index (χ3n) is 3.00. The van der Waals surface area contributed by atoms with Crippen LogP contribution in [-0.2, 0) is 6.54 Å². The van der Waals surface area contributed by atoms with Crippen LogP contribution in [0, 0.1) is 0 Å². The molecule has 0 aliphatic heterocycles. The van der Waals surface area contributed by atoms with Crippen molar-refractivity contribution < 1.29 is 0 Å². The molecule has 1 aliphatic rings. The van der Waals surface area contributed by atoms with E-state index < -0.39 is 0 Å². The van der Waals surface area contributed by atoms with Gasteiger partial charge in [0.2, 0.25) is 0 Å². The van der Waals surface area contributed by atoms with Gasteiger partial charge in [0.15, 0.2) is 0 Å². The Morgan fingerprint density at radius 2 is 2.11 bits per heavy atom. The Hall–Kier alpha value is -1.03. The SMILES string of the molecule is Clc1ccc(-c2cc(CNC3CC3)[nH]n2)c(Cl)c1. The van der Waals surface area contributed by atoms with E-state index >= 15 is 0 Å². The van der Waals surface area contributed by atoms with Gasteiger partial charge >= 0.3 is 0 Å². The van der Waals surface area contributed by atoms with Gasteiger partial charge in [0.05, 0.1) is 10.7 Å². The molecular formula is C13H13Cl2N3. The van der Waals surface area contributed by atoms with Gasteiger partial charge in [0, 0.05) is 28.9 Å². The van der Waals surface area contributed by atoms with E-state index in [-0.39, 0.29) is 0 Å². The molecule has 0 atom stereocenters. The van der Waals surface area contributed by atoms with Crippen LogP contribution < -0.4 is 5.32 Å². The lowest BCUT2D eigenvalue weighted by molar-refractivity contribution is 0.672. The molecule has 2 aromatic rings. The van der Waals surface area contributed by atoms with Crippen molar-refractivity contribution in [2.24, 2.45) is 0 Å². The van der Waals surface area contributed by atoms with Crippen molar-refractivity contribution in [3.05, 3.63) is 40.0 Å². The molecule has 1 fully saturated rings. The predicted octanol–water partition coefficient (Wildman–Crippen LogP) is 3.64. The molecule has 0 radical (unpaired) electrons. The van der Waals surface area contributed by atoms with E-state index in [1.54, 1.807) is 6.07 Å². The van der Waals surface area contributed by atoms with Crippen LogP contribution in [0.5, 0.6) is 0 Å². The maximum Gasteiger partial charge on any atom is 0.0939 e. The molecular weight excluding hydrogens is 269 g/mol. The van der Waals surface area contributed by atoms with E-state index in [4.69, 9.17) is 23.2 Å². The number of nitrogens with zero attached hydrogens (tertiary/aromatic N) is 1. The van der Waals surface area contributed by atoms with Crippen LogP contribution >= 0.6 is 23.2 Å². The molecule has 1 heterocycles. The second kappa shape index (κ2) is 4.92. The number of nitrogens with one attached hydrogen (secondary N) is 2. The minimum absolute atomic E-state index is 0.621. The van der Waals surface area contributed by atoms with Crippen molar-refractivity contribution in [3.8, 4) is 11.3 Å². The zero-order chi connectivity index (χ0) is 12.5. The number of aromatic nitrogens is 2. The number of aromatic amines is 1. The van der Waals surface area contributed by atoms with Crippen molar-refractivity contribution >= 4 is 23.2 Å². The second-order valence-corrected chi connectivity index (χ2v) is 5.40. The number of hydrogen-bond donors (Lipinski definition) is 2. The third kappa shape index (κ3) is 2.69. The zero-order valence-electron chi connectivity index (χ0n) is 9.71. The van der Waals surface area contributed by atoms with E-state index in [9.17, 15) is 0 Å². The van der Waals surface area contributed by atoms with Crippen LogP contribution in [0.2, 0.25) is 10.0 Å². The first-order chi connectivity index (χ1) is 8.72. The number of benzene rings is 1. The Kier molecular flexibility index (Phi) is 3.29. The molecule has 5 heteroatoms. The smallest absolute Gasteiger partial charge is 0.0939 e. The molecule has 0 amide bonds. The molecule has 2 N–H and O–H groups in total. The topological polar surface area (TPSA) is 40.7 Å².